The Balaban J connectivity index is 1.92. The van der Waals surface area contributed by atoms with Gasteiger partial charge in [-0.25, -0.2) is 4.39 Å². The van der Waals surface area contributed by atoms with Gasteiger partial charge < -0.3 is 15.1 Å². The molecule has 4 heteroatoms. The van der Waals surface area contributed by atoms with Gasteiger partial charge in [-0.1, -0.05) is 55.7 Å². The summed E-state index contributed by atoms with van der Waals surface area (Å²) in [5.74, 6) is 0.544. The van der Waals surface area contributed by atoms with Crippen molar-refractivity contribution in [3.05, 3.63) is 72.5 Å². The van der Waals surface area contributed by atoms with Crippen molar-refractivity contribution in [2.24, 2.45) is 5.92 Å². The van der Waals surface area contributed by atoms with Crippen LogP contribution in [-0.2, 0) is 0 Å². The van der Waals surface area contributed by atoms with Crippen LogP contribution in [0.3, 0.4) is 0 Å². The Labute approximate surface area is 183 Å². The Hall–Kier alpha value is -1.91. The Kier molecular flexibility index (Phi) is 10.9. The molecule has 2 rings (SSSR count). The second-order valence-corrected chi connectivity index (χ2v) is 8.15. The maximum absolute atomic E-state index is 12.4. The SMILES string of the molecule is C=C/C=C(\C=C/CF)CCCCN1CCC2C(C1)/C(=C/C=C\C)C(=C)N2CCNC. The highest BCUT2D eigenvalue weighted by atomic mass is 19.1. The van der Waals surface area contributed by atoms with Crippen molar-refractivity contribution in [3.8, 4) is 0 Å². The van der Waals surface area contributed by atoms with Crippen LogP contribution in [0.25, 0.3) is 0 Å². The molecule has 2 unspecified atom stereocenters. The molecule has 0 aromatic rings. The number of likely N-dealkylation sites (tertiary alicyclic amines) is 2. The first-order chi connectivity index (χ1) is 14.7. The Morgan fingerprint density at radius 2 is 2.13 bits per heavy atom. The topological polar surface area (TPSA) is 18.5 Å². The van der Waals surface area contributed by atoms with Crippen LogP contribution in [0.1, 0.15) is 32.6 Å². The van der Waals surface area contributed by atoms with Gasteiger partial charge in [-0.15, -0.1) is 0 Å². The van der Waals surface area contributed by atoms with Crippen LogP contribution in [-0.4, -0.2) is 62.3 Å². The molecule has 2 aliphatic heterocycles. The molecule has 3 nitrogen and oxygen atoms in total. The molecule has 0 radical (unpaired) electrons. The fraction of sp³-hybridized carbons (Fsp3) is 0.538. The lowest BCUT2D eigenvalue weighted by Gasteiger charge is -2.38. The minimum absolute atomic E-state index is 0.412. The monoisotopic (exact) mass is 413 g/mol. The van der Waals surface area contributed by atoms with E-state index in [0.29, 0.717) is 12.0 Å². The number of rotatable bonds is 12. The highest BCUT2D eigenvalue weighted by Crippen LogP contribution is 2.41. The number of nitrogens with one attached hydrogen (secondary N) is 1. The van der Waals surface area contributed by atoms with Gasteiger partial charge >= 0.3 is 0 Å². The number of hydrogen-bond acceptors (Lipinski definition) is 3. The zero-order valence-electron chi connectivity index (χ0n) is 19.0. The molecule has 0 aromatic carbocycles. The molecule has 2 atom stereocenters. The Bertz CT molecular complexity index is 674. The van der Waals surface area contributed by atoms with Crippen LogP contribution in [0, 0.1) is 5.92 Å². The van der Waals surface area contributed by atoms with Crippen LogP contribution in [0.2, 0.25) is 0 Å². The summed E-state index contributed by atoms with van der Waals surface area (Å²) in [7, 11) is 2.01. The molecule has 0 bridgehead atoms. The predicted molar refractivity (Wildman–Crippen MR) is 128 cm³/mol. The van der Waals surface area contributed by atoms with E-state index < -0.39 is 6.67 Å². The predicted octanol–water partition coefficient (Wildman–Crippen LogP) is 5.04. The molecular weight excluding hydrogens is 373 g/mol. The largest absolute Gasteiger partial charge is 0.367 e. The first-order valence-corrected chi connectivity index (χ1v) is 11.4. The molecule has 0 spiro atoms. The first-order valence-electron chi connectivity index (χ1n) is 11.4. The van der Waals surface area contributed by atoms with E-state index in [1.165, 1.54) is 17.7 Å². The molecular formula is C26H40FN3. The van der Waals surface area contributed by atoms with Gasteiger partial charge in [0.05, 0.1) is 0 Å². The molecule has 2 fully saturated rings. The second-order valence-electron chi connectivity index (χ2n) is 8.15. The molecule has 0 aromatic heterocycles. The molecule has 166 valence electrons. The normalized spacial score (nSPS) is 24.5. The summed E-state index contributed by atoms with van der Waals surface area (Å²) in [5, 5.41) is 3.28. The van der Waals surface area contributed by atoms with E-state index in [0.717, 1.165) is 57.6 Å². The van der Waals surface area contributed by atoms with Gasteiger partial charge in [0.15, 0.2) is 0 Å². The molecule has 30 heavy (non-hydrogen) atoms. The zero-order valence-corrected chi connectivity index (χ0v) is 19.0. The van der Waals surface area contributed by atoms with E-state index in [-0.39, 0.29) is 0 Å². The van der Waals surface area contributed by atoms with Crippen LogP contribution in [0.5, 0.6) is 0 Å². The van der Waals surface area contributed by atoms with Crippen molar-refractivity contribution < 1.29 is 4.39 Å². The van der Waals surface area contributed by atoms with Crippen molar-refractivity contribution in [1.29, 1.82) is 0 Å². The maximum Gasteiger partial charge on any atom is 0.108 e. The lowest BCUT2D eigenvalue weighted by Crippen LogP contribution is -2.47. The van der Waals surface area contributed by atoms with E-state index >= 15 is 0 Å². The maximum atomic E-state index is 12.4. The number of hydrogen-bond donors (Lipinski definition) is 1. The van der Waals surface area contributed by atoms with Gasteiger partial charge in [-0.3, -0.25) is 0 Å². The highest BCUT2D eigenvalue weighted by Gasteiger charge is 2.42. The lowest BCUT2D eigenvalue weighted by atomic mass is 9.88. The summed E-state index contributed by atoms with van der Waals surface area (Å²) in [6.45, 7) is 15.2. The average molecular weight is 414 g/mol. The number of halogens is 1. The van der Waals surface area contributed by atoms with Gasteiger partial charge in [-0.2, -0.15) is 0 Å². The summed E-state index contributed by atoms with van der Waals surface area (Å²) in [5.41, 5.74) is 3.77. The third-order valence-electron chi connectivity index (χ3n) is 6.15. The molecule has 0 aliphatic carbocycles. The summed E-state index contributed by atoms with van der Waals surface area (Å²) in [6, 6.07) is 0.576. The van der Waals surface area contributed by atoms with Crippen molar-refractivity contribution in [2.45, 2.75) is 38.6 Å². The summed E-state index contributed by atoms with van der Waals surface area (Å²) in [6.07, 6.45) is 18.2. The molecule has 1 N–H and O–H groups in total. The van der Waals surface area contributed by atoms with E-state index in [1.807, 2.05) is 19.2 Å². The van der Waals surface area contributed by atoms with Gasteiger partial charge in [0.1, 0.15) is 6.67 Å². The minimum atomic E-state index is -0.412. The molecule has 0 amide bonds. The van der Waals surface area contributed by atoms with Crippen LogP contribution in [0.4, 0.5) is 4.39 Å². The summed E-state index contributed by atoms with van der Waals surface area (Å²) >= 11 is 0. The van der Waals surface area contributed by atoms with Gasteiger partial charge in [0.25, 0.3) is 0 Å². The Morgan fingerprint density at radius 3 is 2.83 bits per heavy atom. The van der Waals surface area contributed by atoms with Gasteiger partial charge in [0, 0.05) is 43.8 Å². The number of unbranched alkanes of at least 4 members (excludes halogenated alkanes) is 1. The smallest absolute Gasteiger partial charge is 0.108 e. The lowest BCUT2D eigenvalue weighted by molar-refractivity contribution is 0.123. The molecule has 2 heterocycles. The standard InChI is InChI=1S/C26H40FN3/c1-5-7-14-24-22(3)30(20-17-28-4)26-15-19-29(21-25(24)26)18-9-8-12-23(11-6-2)13-10-16-27/h5-7,10-11,13-14,25-26,28H,2-3,8-9,12,15-21H2,1,4H3/b7-5-,13-10-,23-11-,24-14+. The van der Waals surface area contributed by atoms with E-state index in [2.05, 4.69) is 53.4 Å². The Morgan fingerprint density at radius 1 is 1.30 bits per heavy atom. The summed E-state index contributed by atoms with van der Waals surface area (Å²) < 4.78 is 12.4. The number of piperidine rings is 1. The number of fused-ring (bicyclic) bond motifs is 1. The van der Waals surface area contributed by atoms with E-state index in [4.69, 9.17) is 0 Å². The molecule has 0 saturated carbocycles. The summed E-state index contributed by atoms with van der Waals surface area (Å²) in [4.78, 5) is 5.14. The minimum Gasteiger partial charge on any atom is -0.367 e. The van der Waals surface area contributed by atoms with Gasteiger partial charge in [0.2, 0.25) is 0 Å². The first kappa shape index (κ1) is 24.4. The fourth-order valence-corrected chi connectivity index (χ4v) is 4.66. The molecule has 2 aliphatic rings. The van der Waals surface area contributed by atoms with Crippen molar-refractivity contribution >= 4 is 0 Å². The highest BCUT2D eigenvalue weighted by molar-refractivity contribution is 5.40. The van der Waals surface area contributed by atoms with E-state index in [1.54, 1.807) is 12.2 Å². The number of alkyl halides is 1. The quantitative estimate of drug-likeness (QED) is 0.357. The van der Waals surface area contributed by atoms with Crippen LogP contribution < -0.4 is 5.32 Å². The van der Waals surface area contributed by atoms with Crippen molar-refractivity contribution in [3.63, 3.8) is 0 Å². The fourth-order valence-electron chi connectivity index (χ4n) is 4.66. The number of likely N-dealkylation sites (N-methyl/N-ethyl adjacent to an activating group) is 1. The second kappa shape index (κ2) is 13.4. The molecule has 2 saturated heterocycles. The van der Waals surface area contributed by atoms with Crippen molar-refractivity contribution in [2.75, 3.05) is 46.4 Å². The van der Waals surface area contributed by atoms with Gasteiger partial charge in [-0.05, 0) is 57.3 Å². The zero-order chi connectivity index (χ0) is 21.8. The number of allylic oxidation sites excluding steroid dienone is 9. The van der Waals surface area contributed by atoms with E-state index in [9.17, 15) is 4.39 Å². The third-order valence-corrected chi connectivity index (χ3v) is 6.15. The van der Waals surface area contributed by atoms with Crippen LogP contribution in [0.15, 0.2) is 72.5 Å². The van der Waals surface area contributed by atoms with Crippen LogP contribution >= 0.6 is 0 Å². The third kappa shape index (κ3) is 6.82. The van der Waals surface area contributed by atoms with Crippen molar-refractivity contribution in [1.82, 2.24) is 15.1 Å². The number of nitrogens with zero attached hydrogens (tertiary/aromatic N) is 2. The average Bonchev–Trinajstić information content (AvgIpc) is 3.01.